The molecule has 0 bridgehead atoms. The largest absolute Gasteiger partial charge is 0.444 e. The van der Waals surface area contributed by atoms with E-state index in [2.05, 4.69) is 5.32 Å². The van der Waals surface area contributed by atoms with Gasteiger partial charge in [-0.05, 0) is 27.2 Å². The summed E-state index contributed by atoms with van der Waals surface area (Å²) in [6.45, 7) is 7.31. The predicted molar refractivity (Wildman–Crippen MR) is 54.2 cm³/mol. The van der Waals surface area contributed by atoms with Crippen LogP contribution in [0.15, 0.2) is 0 Å². The maximum Gasteiger partial charge on any atom is 0.408 e. The van der Waals surface area contributed by atoms with Gasteiger partial charge in [0.2, 0.25) is 0 Å². The summed E-state index contributed by atoms with van der Waals surface area (Å²) in [7, 11) is 0. The molecule has 0 radical (unpaired) electrons. The van der Waals surface area contributed by atoms with E-state index < -0.39 is 11.7 Å². The first-order valence-corrected chi connectivity index (χ1v) is 4.83. The SMILES string of the molecule is CCCC(=O)CNC(=O)OC(C)(C)C. The number of alkyl carbamates (subject to hydrolysis) is 1. The summed E-state index contributed by atoms with van der Waals surface area (Å²) >= 11 is 0. The van der Waals surface area contributed by atoms with Crippen LogP contribution in [0.2, 0.25) is 0 Å². The molecule has 0 aromatic heterocycles. The molecule has 0 aromatic rings. The van der Waals surface area contributed by atoms with Gasteiger partial charge in [0.15, 0.2) is 5.78 Å². The third-order valence-electron chi connectivity index (χ3n) is 1.36. The molecule has 0 fully saturated rings. The van der Waals surface area contributed by atoms with Gasteiger partial charge in [-0.2, -0.15) is 0 Å². The first kappa shape index (κ1) is 12.9. The van der Waals surface area contributed by atoms with Crippen molar-refractivity contribution < 1.29 is 14.3 Å². The fourth-order valence-electron chi connectivity index (χ4n) is 0.852. The molecule has 14 heavy (non-hydrogen) atoms. The molecule has 0 aromatic carbocycles. The van der Waals surface area contributed by atoms with Crippen molar-refractivity contribution in [1.82, 2.24) is 5.32 Å². The Morgan fingerprint density at radius 3 is 2.29 bits per heavy atom. The molecule has 1 amide bonds. The Morgan fingerprint density at radius 2 is 1.86 bits per heavy atom. The second-order valence-electron chi connectivity index (χ2n) is 4.14. The average molecular weight is 201 g/mol. The molecule has 82 valence electrons. The minimum atomic E-state index is -0.540. The Balaban J connectivity index is 3.70. The van der Waals surface area contributed by atoms with E-state index in [1.165, 1.54) is 0 Å². The summed E-state index contributed by atoms with van der Waals surface area (Å²) in [6.07, 6.45) is 0.756. The number of nitrogens with one attached hydrogen (secondary N) is 1. The van der Waals surface area contributed by atoms with E-state index in [1.807, 2.05) is 6.92 Å². The Labute approximate surface area is 85.0 Å². The zero-order valence-electron chi connectivity index (χ0n) is 9.35. The average Bonchev–Trinajstić information content (AvgIpc) is 1.98. The molecule has 0 aliphatic carbocycles. The second-order valence-corrected chi connectivity index (χ2v) is 4.14. The molecular formula is C10H19NO3. The van der Waals surface area contributed by atoms with Crippen molar-refractivity contribution in [2.45, 2.75) is 46.1 Å². The number of hydrogen-bond donors (Lipinski definition) is 1. The summed E-state index contributed by atoms with van der Waals surface area (Å²) in [5, 5.41) is 2.41. The lowest BCUT2D eigenvalue weighted by molar-refractivity contribution is -0.118. The second kappa shape index (κ2) is 5.62. The Kier molecular flexibility index (Phi) is 5.20. The van der Waals surface area contributed by atoms with E-state index in [4.69, 9.17) is 4.74 Å². The highest BCUT2D eigenvalue weighted by molar-refractivity contribution is 5.83. The Morgan fingerprint density at radius 1 is 1.29 bits per heavy atom. The standard InChI is InChI=1S/C10H19NO3/c1-5-6-8(12)7-11-9(13)14-10(2,3)4/h5-7H2,1-4H3,(H,11,13). The van der Waals surface area contributed by atoms with Crippen molar-refractivity contribution in [1.29, 1.82) is 0 Å². The monoisotopic (exact) mass is 201 g/mol. The molecule has 0 aliphatic heterocycles. The molecule has 1 N–H and O–H groups in total. The highest BCUT2D eigenvalue weighted by Gasteiger charge is 2.16. The molecule has 0 saturated carbocycles. The number of carbonyl (C=O) groups is 2. The topological polar surface area (TPSA) is 55.4 Å². The van der Waals surface area contributed by atoms with E-state index in [1.54, 1.807) is 20.8 Å². The summed E-state index contributed by atoms with van der Waals surface area (Å²) < 4.78 is 4.96. The van der Waals surface area contributed by atoms with Crippen LogP contribution in [0.4, 0.5) is 4.79 Å². The number of carbonyl (C=O) groups excluding carboxylic acids is 2. The normalized spacial score (nSPS) is 10.9. The zero-order chi connectivity index (χ0) is 11.2. The van der Waals surface area contributed by atoms with Crippen molar-refractivity contribution in [2.24, 2.45) is 0 Å². The smallest absolute Gasteiger partial charge is 0.408 e. The van der Waals surface area contributed by atoms with Crippen LogP contribution in [0.25, 0.3) is 0 Å². The lowest BCUT2D eigenvalue weighted by atomic mass is 10.2. The first-order chi connectivity index (χ1) is 6.35. The van der Waals surface area contributed by atoms with E-state index >= 15 is 0 Å². The van der Waals surface area contributed by atoms with Gasteiger partial charge >= 0.3 is 6.09 Å². The Hall–Kier alpha value is -1.06. The van der Waals surface area contributed by atoms with Gasteiger partial charge in [-0.25, -0.2) is 4.79 Å². The van der Waals surface area contributed by atoms with E-state index in [-0.39, 0.29) is 12.3 Å². The number of ketones is 1. The lowest BCUT2D eigenvalue weighted by Gasteiger charge is -2.19. The van der Waals surface area contributed by atoms with Crippen LogP contribution in [0.5, 0.6) is 0 Å². The molecular weight excluding hydrogens is 182 g/mol. The van der Waals surface area contributed by atoms with Crippen LogP contribution >= 0.6 is 0 Å². The molecule has 0 aliphatic rings. The van der Waals surface area contributed by atoms with E-state index in [0.29, 0.717) is 6.42 Å². The van der Waals surface area contributed by atoms with E-state index in [9.17, 15) is 9.59 Å². The maximum atomic E-state index is 11.1. The van der Waals surface area contributed by atoms with Gasteiger partial charge in [-0.1, -0.05) is 6.92 Å². The minimum Gasteiger partial charge on any atom is -0.444 e. The predicted octanol–water partition coefficient (Wildman–Crippen LogP) is 1.88. The minimum absolute atomic E-state index is 0.0263. The van der Waals surface area contributed by atoms with E-state index in [0.717, 1.165) is 6.42 Å². The van der Waals surface area contributed by atoms with Gasteiger partial charge in [-0.15, -0.1) is 0 Å². The van der Waals surface area contributed by atoms with Crippen molar-refractivity contribution in [3.05, 3.63) is 0 Å². The molecule has 0 unspecified atom stereocenters. The highest BCUT2D eigenvalue weighted by atomic mass is 16.6. The third kappa shape index (κ3) is 7.58. The fraction of sp³-hybridized carbons (Fsp3) is 0.800. The van der Waals surface area contributed by atoms with Crippen molar-refractivity contribution in [3.8, 4) is 0 Å². The van der Waals surface area contributed by atoms with Crippen LogP contribution in [0.3, 0.4) is 0 Å². The first-order valence-electron chi connectivity index (χ1n) is 4.83. The van der Waals surface area contributed by atoms with Gasteiger partial charge in [0.05, 0.1) is 6.54 Å². The molecule has 0 atom stereocenters. The number of rotatable bonds is 4. The Bertz CT molecular complexity index is 206. The lowest BCUT2D eigenvalue weighted by Crippen LogP contribution is -2.35. The van der Waals surface area contributed by atoms with Gasteiger partial charge < -0.3 is 10.1 Å². The van der Waals surface area contributed by atoms with Crippen LogP contribution in [-0.4, -0.2) is 24.0 Å². The van der Waals surface area contributed by atoms with Crippen molar-refractivity contribution >= 4 is 11.9 Å². The van der Waals surface area contributed by atoms with Crippen molar-refractivity contribution in [2.75, 3.05) is 6.54 Å². The number of amides is 1. The van der Waals surface area contributed by atoms with Crippen LogP contribution < -0.4 is 5.32 Å². The molecule has 0 saturated heterocycles. The van der Waals surface area contributed by atoms with Gasteiger partial charge in [-0.3, -0.25) is 4.79 Å². The summed E-state index contributed by atoms with van der Waals surface area (Å²) in [6, 6.07) is 0. The highest BCUT2D eigenvalue weighted by Crippen LogP contribution is 2.06. The summed E-state index contributed by atoms with van der Waals surface area (Å²) in [4.78, 5) is 22.1. The molecule has 4 heteroatoms. The number of ether oxygens (including phenoxy) is 1. The van der Waals surface area contributed by atoms with Gasteiger partial charge in [0.1, 0.15) is 5.60 Å². The molecule has 0 spiro atoms. The number of Topliss-reactive ketones (excluding diaryl/α,β-unsaturated/α-hetero) is 1. The van der Waals surface area contributed by atoms with Gasteiger partial charge in [0, 0.05) is 6.42 Å². The van der Waals surface area contributed by atoms with Crippen LogP contribution in [-0.2, 0) is 9.53 Å². The number of hydrogen-bond acceptors (Lipinski definition) is 3. The summed E-state index contributed by atoms with van der Waals surface area (Å²) in [5.41, 5.74) is -0.516. The molecule has 4 nitrogen and oxygen atoms in total. The van der Waals surface area contributed by atoms with Gasteiger partial charge in [0.25, 0.3) is 0 Å². The van der Waals surface area contributed by atoms with Crippen LogP contribution in [0.1, 0.15) is 40.5 Å². The quantitative estimate of drug-likeness (QED) is 0.755. The summed E-state index contributed by atoms with van der Waals surface area (Å²) in [5.74, 6) is 0.0263. The fourth-order valence-corrected chi connectivity index (χ4v) is 0.852. The zero-order valence-corrected chi connectivity index (χ0v) is 9.35. The maximum absolute atomic E-state index is 11.1. The molecule has 0 heterocycles. The third-order valence-corrected chi connectivity index (χ3v) is 1.36. The van der Waals surface area contributed by atoms with Crippen molar-refractivity contribution in [3.63, 3.8) is 0 Å². The van der Waals surface area contributed by atoms with Crippen LogP contribution in [0, 0.1) is 0 Å². The molecule has 0 rings (SSSR count).